The van der Waals surface area contributed by atoms with Crippen molar-refractivity contribution in [2.24, 2.45) is 5.73 Å². The first kappa shape index (κ1) is 16.8. The molecule has 7 heteroatoms. The third-order valence-corrected chi connectivity index (χ3v) is 3.48. The lowest BCUT2D eigenvalue weighted by Crippen LogP contribution is -2.26. The molecule has 0 spiro atoms. The fourth-order valence-corrected chi connectivity index (χ4v) is 2.24. The van der Waals surface area contributed by atoms with Gasteiger partial charge in [-0.25, -0.2) is 0 Å². The summed E-state index contributed by atoms with van der Waals surface area (Å²) in [6, 6.07) is 4.95. The van der Waals surface area contributed by atoms with Gasteiger partial charge in [0.1, 0.15) is 0 Å². The van der Waals surface area contributed by atoms with Crippen LogP contribution in [0.4, 0.5) is 13.2 Å². The van der Waals surface area contributed by atoms with Crippen molar-refractivity contribution in [3.8, 4) is 0 Å². The Morgan fingerprint density at radius 2 is 2.05 bits per heavy atom. The van der Waals surface area contributed by atoms with Crippen LogP contribution in [-0.2, 0) is 11.0 Å². The van der Waals surface area contributed by atoms with Crippen molar-refractivity contribution in [1.82, 2.24) is 5.32 Å². The van der Waals surface area contributed by atoms with Gasteiger partial charge in [0.05, 0.1) is 11.3 Å². The fourth-order valence-electron chi connectivity index (χ4n) is 1.46. The van der Waals surface area contributed by atoms with Gasteiger partial charge >= 0.3 is 6.18 Å². The van der Waals surface area contributed by atoms with E-state index in [1.807, 2.05) is 0 Å². The van der Waals surface area contributed by atoms with E-state index in [2.05, 4.69) is 5.32 Å². The number of halogens is 3. The van der Waals surface area contributed by atoms with E-state index < -0.39 is 11.7 Å². The van der Waals surface area contributed by atoms with E-state index in [0.29, 0.717) is 18.0 Å². The van der Waals surface area contributed by atoms with Gasteiger partial charge in [-0.2, -0.15) is 13.2 Å². The number of carbonyl (C=O) groups excluding carboxylic acids is 1. The van der Waals surface area contributed by atoms with Crippen molar-refractivity contribution in [3.05, 3.63) is 29.8 Å². The van der Waals surface area contributed by atoms with Crippen LogP contribution in [-0.4, -0.2) is 24.7 Å². The number of carbonyl (C=O) groups is 1. The van der Waals surface area contributed by atoms with Gasteiger partial charge in [0.15, 0.2) is 0 Å². The van der Waals surface area contributed by atoms with Gasteiger partial charge < -0.3 is 11.1 Å². The molecule has 1 aromatic rings. The van der Waals surface area contributed by atoms with Crippen LogP contribution >= 0.6 is 11.8 Å². The lowest BCUT2D eigenvalue weighted by Gasteiger charge is -2.08. The third-order valence-electron chi connectivity index (χ3n) is 2.48. The molecule has 3 nitrogen and oxygen atoms in total. The van der Waals surface area contributed by atoms with E-state index in [-0.39, 0.29) is 11.7 Å². The Morgan fingerprint density at radius 3 is 2.70 bits per heavy atom. The van der Waals surface area contributed by atoms with E-state index in [9.17, 15) is 18.0 Å². The Balaban J connectivity index is 2.40. The first-order valence-corrected chi connectivity index (χ1v) is 7.19. The topological polar surface area (TPSA) is 55.1 Å². The number of thioether (sulfide) groups is 1. The summed E-state index contributed by atoms with van der Waals surface area (Å²) in [4.78, 5) is 11.9. The predicted molar refractivity (Wildman–Crippen MR) is 73.5 cm³/mol. The summed E-state index contributed by atoms with van der Waals surface area (Å²) in [7, 11) is 0. The van der Waals surface area contributed by atoms with Gasteiger partial charge in [-0.3, -0.25) is 4.79 Å². The lowest BCUT2D eigenvalue weighted by molar-refractivity contribution is -0.137. The molecule has 112 valence electrons. The van der Waals surface area contributed by atoms with Crippen molar-refractivity contribution < 1.29 is 18.0 Å². The van der Waals surface area contributed by atoms with Crippen LogP contribution in [0, 0.1) is 0 Å². The first-order valence-electron chi connectivity index (χ1n) is 6.20. The molecule has 1 rings (SSSR count). The largest absolute Gasteiger partial charge is 0.416 e. The van der Waals surface area contributed by atoms with E-state index in [0.717, 1.165) is 36.7 Å². The number of rotatable bonds is 7. The average molecular weight is 306 g/mol. The number of amides is 1. The number of nitrogens with two attached hydrogens (primary N) is 1. The zero-order chi connectivity index (χ0) is 15.0. The van der Waals surface area contributed by atoms with Gasteiger partial charge in [0.2, 0.25) is 5.91 Å². The number of hydrogen-bond donors (Lipinski definition) is 2. The zero-order valence-corrected chi connectivity index (χ0v) is 11.7. The molecule has 3 N–H and O–H groups in total. The highest BCUT2D eigenvalue weighted by Gasteiger charge is 2.30. The van der Waals surface area contributed by atoms with E-state index >= 15 is 0 Å². The van der Waals surface area contributed by atoms with Gasteiger partial charge in [0, 0.05) is 11.4 Å². The van der Waals surface area contributed by atoms with E-state index in [1.54, 1.807) is 6.07 Å². The summed E-state index contributed by atoms with van der Waals surface area (Å²) < 4.78 is 37.5. The van der Waals surface area contributed by atoms with Gasteiger partial charge in [-0.1, -0.05) is 6.07 Å². The summed E-state index contributed by atoms with van der Waals surface area (Å²) in [5.41, 5.74) is 4.62. The molecule has 0 aliphatic carbocycles. The number of nitrogens with one attached hydrogen (secondary N) is 1. The lowest BCUT2D eigenvalue weighted by atomic mass is 10.2. The molecule has 20 heavy (non-hydrogen) atoms. The molecular weight excluding hydrogens is 289 g/mol. The summed E-state index contributed by atoms with van der Waals surface area (Å²) in [6.45, 7) is 1.12. The van der Waals surface area contributed by atoms with Crippen LogP contribution in [0.5, 0.6) is 0 Å². The minimum absolute atomic E-state index is 0.101. The van der Waals surface area contributed by atoms with Crippen molar-refractivity contribution >= 4 is 17.7 Å². The van der Waals surface area contributed by atoms with E-state index in [1.165, 1.54) is 6.07 Å². The molecule has 0 aliphatic rings. The van der Waals surface area contributed by atoms with Crippen LogP contribution in [0.15, 0.2) is 29.2 Å². The van der Waals surface area contributed by atoms with Crippen molar-refractivity contribution in [1.29, 1.82) is 0 Å². The molecule has 0 saturated carbocycles. The highest BCUT2D eigenvalue weighted by Crippen LogP contribution is 2.31. The fraction of sp³-hybridized carbons (Fsp3) is 0.462. The summed E-state index contributed by atoms with van der Waals surface area (Å²) in [6.07, 6.45) is -2.72. The Labute approximate surface area is 120 Å². The zero-order valence-electron chi connectivity index (χ0n) is 10.9. The number of benzene rings is 1. The van der Waals surface area contributed by atoms with Crippen LogP contribution in [0.2, 0.25) is 0 Å². The molecular formula is C13H17F3N2OS. The smallest absolute Gasteiger partial charge is 0.355 e. The Hall–Kier alpha value is -1.21. The van der Waals surface area contributed by atoms with Crippen LogP contribution < -0.4 is 11.1 Å². The molecule has 0 unspecified atom stereocenters. The number of unbranched alkanes of at least 4 members (excludes halogenated alkanes) is 1. The summed E-state index contributed by atoms with van der Waals surface area (Å²) in [5.74, 6) is -0.0892. The molecule has 0 aromatic heterocycles. The van der Waals surface area contributed by atoms with Crippen molar-refractivity contribution in [2.45, 2.75) is 23.9 Å². The number of alkyl halides is 3. The second-order valence-corrected chi connectivity index (χ2v) is 5.21. The molecule has 0 fully saturated rings. The Bertz CT molecular complexity index is 438. The summed E-state index contributed by atoms with van der Waals surface area (Å²) in [5, 5.41) is 2.70. The molecule has 0 aliphatic heterocycles. The minimum Gasteiger partial charge on any atom is -0.355 e. The molecule has 0 radical (unpaired) electrons. The third kappa shape index (κ3) is 6.29. The van der Waals surface area contributed by atoms with Gasteiger partial charge in [-0.05, 0) is 37.6 Å². The number of hydrogen-bond acceptors (Lipinski definition) is 3. The summed E-state index contributed by atoms with van der Waals surface area (Å²) >= 11 is 1.09. The maximum Gasteiger partial charge on any atom is 0.416 e. The molecule has 0 bridgehead atoms. The monoisotopic (exact) mass is 306 g/mol. The molecule has 1 aromatic carbocycles. The van der Waals surface area contributed by atoms with E-state index in [4.69, 9.17) is 5.73 Å². The molecule has 0 heterocycles. The quantitative estimate of drug-likeness (QED) is 0.601. The molecule has 1 amide bonds. The van der Waals surface area contributed by atoms with Crippen LogP contribution in [0.1, 0.15) is 18.4 Å². The second-order valence-electron chi connectivity index (χ2n) is 4.16. The normalized spacial score (nSPS) is 11.4. The Kier molecular flexibility index (Phi) is 6.87. The van der Waals surface area contributed by atoms with Crippen molar-refractivity contribution in [3.63, 3.8) is 0 Å². The van der Waals surface area contributed by atoms with Gasteiger partial charge in [0.25, 0.3) is 0 Å². The molecule has 0 atom stereocenters. The minimum atomic E-state index is -4.36. The SMILES string of the molecule is NCCCCNC(=O)CSc1cccc(C(F)(F)F)c1. The highest BCUT2D eigenvalue weighted by atomic mass is 32.2. The maximum atomic E-state index is 12.5. The standard InChI is InChI=1S/C13H17F3N2OS/c14-13(15,16)10-4-3-5-11(8-10)20-9-12(19)18-7-2-1-6-17/h3-5,8H,1-2,6-7,9,17H2,(H,18,19). The Morgan fingerprint density at radius 1 is 1.30 bits per heavy atom. The van der Waals surface area contributed by atoms with Crippen LogP contribution in [0.3, 0.4) is 0 Å². The van der Waals surface area contributed by atoms with Crippen LogP contribution in [0.25, 0.3) is 0 Å². The average Bonchev–Trinajstić information content (AvgIpc) is 2.41. The van der Waals surface area contributed by atoms with Crippen molar-refractivity contribution in [2.75, 3.05) is 18.8 Å². The second kappa shape index (κ2) is 8.16. The molecule has 0 saturated heterocycles. The predicted octanol–water partition coefficient (Wildman–Crippen LogP) is 2.65. The highest BCUT2D eigenvalue weighted by molar-refractivity contribution is 8.00. The maximum absolute atomic E-state index is 12.5. The first-order chi connectivity index (χ1) is 9.43. The van der Waals surface area contributed by atoms with Gasteiger partial charge in [-0.15, -0.1) is 11.8 Å².